The lowest BCUT2D eigenvalue weighted by Crippen LogP contribution is -2.32. The van der Waals surface area contributed by atoms with Crippen molar-refractivity contribution in [3.05, 3.63) is 58.1 Å². The Kier molecular flexibility index (Phi) is 5.69. The van der Waals surface area contributed by atoms with Crippen LogP contribution in [0.5, 0.6) is 5.75 Å². The first kappa shape index (κ1) is 18.5. The van der Waals surface area contributed by atoms with Crippen LogP contribution in [0.25, 0.3) is 0 Å². The number of carbonyl (C=O) groups excluding carboxylic acids is 2. The van der Waals surface area contributed by atoms with Crippen molar-refractivity contribution in [1.29, 1.82) is 0 Å². The third-order valence-electron chi connectivity index (χ3n) is 4.32. The molecule has 1 aliphatic rings. The lowest BCUT2D eigenvalue weighted by Gasteiger charge is -2.18. The molecular formula is C19H18Cl2N2O3. The van der Waals surface area contributed by atoms with Gasteiger partial charge < -0.3 is 15.0 Å². The molecule has 1 heterocycles. The lowest BCUT2D eigenvalue weighted by molar-refractivity contribution is -0.126. The number of carbonyl (C=O) groups is 2. The Morgan fingerprint density at radius 3 is 2.65 bits per heavy atom. The van der Waals surface area contributed by atoms with Gasteiger partial charge in [-0.15, -0.1) is 0 Å². The van der Waals surface area contributed by atoms with Gasteiger partial charge in [0.2, 0.25) is 11.8 Å². The Bertz CT molecular complexity index is 824. The maximum absolute atomic E-state index is 12.4. The summed E-state index contributed by atoms with van der Waals surface area (Å²) in [5, 5.41) is 3.80. The third-order valence-corrected chi connectivity index (χ3v) is 4.88. The standard InChI is InChI=1S/C19H18Cl2N2O3/c1-26-15-5-2-12(3-6-15)10-22-19(25)13-8-18(24)23(11-13)17-9-14(20)4-7-16(17)21/h2-7,9,13H,8,10-11H2,1H3,(H,22,25). The van der Waals surface area contributed by atoms with Crippen molar-refractivity contribution < 1.29 is 14.3 Å². The topological polar surface area (TPSA) is 58.6 Å². The van der Waals surface area contributed by atoms with Crippen LogP contribution >= 0.6 is 23.2 Å². The second kappa shape index (κ2) is 7.98. The molecule has 1 saturated heterocycles. The molecule has 0 spiro atoms. The molecule has 0 aliphatic carbocycles. The predicted octanol–water partition coefficient (Wildman–Crippen LogP) is 3.67. The number of nitrogens with zero attached hydrogens (tertiary/aromatic N) is 1. The number of methoxy groups -OCH3 is 1. The number of rotatable bonds is 5. The van der Waals surface area contributed by atoms with Crippen LogP contribution in [0, 0.1) is 5.92 Å². The monoisotopic (exact) mass is 392 g/mol. The summed E-state index contributed by atoms with van der Waals surface area (Å²) in [4.78, 5) is 26.3. The van der Waals surface area contributed by atoms with Crippen LogP contribution in [0.2, 0.25) is 10.0 Å². The molecule has 0 radical (unpaired) electrons. The molecule has 2 aromatic carbocycles. The second-order valence-electron chi connectivity index (χ2n) is 6.07. The molecule has 1 fully saturated rings. The minimum Gasteiger partial charge on any atom is -0.497 e. The Morgan fingerprint density at radius 1 is 1.23 bits per heavy atom. The molecule has 5 nitrogen and oxygen atoms in total. The van der Waals surface area contributed by atoms with Crippen molar-refractivity contribution in [3.63, 3.8) is 0 Å². The second-order valence-corrected chi connectivity index (χ2v) is 6.91. The summed E-state index contributed by atoms with van der Waals surface area (Å²) in [6.45, 7) is 0.679. The van der Waals surface area contributed by atoms with Gasteiger partial charge in [-0.05, 0) is 35.9 Å². The van der Waals surface area contributed by atoms with E-state index in [-0.39, 0.29) is 24.8 Å². The van der Waals surface area contributed by atoms with Crippen LogP contribution in [0.4, 0.5) is 5.69 Å². The van der Waals surface area contributed by atoms with Crippen LogP contribution in [-0.4, -0.2) is 25.5 Å². The third kappa shape index (κ3) is 4.11. The van der Waals surface area contributed by atoms with Crippen LogP contribution < -0.4 is 15.0 Å². The quantitative estimate of drug-likeness (QED) is 0.844. The van der Waals surface area contributed by atoms with Crippen LogP contribution in [0.15, 0.2) is 42.5 Å². The fourth-order valence-corrected chi connectivity index (χ4v) is 3.27. The first-order chi connectivity index (χ1) is 12.5. The van der Waals surface area contributed by atoms with E-state index in [1.54, 1.807) is 25.3 Å². The highest BCUT2D eigenvalue weighted by Crippen LogP contribution is 2.33. The molecule has 0 saturated carbocycles. The first-order valence-corrected chi connectivity index (χ1v) is 8.89. The Morgan fingerprint density at radius 2 is 1.96 bits per heavy atom. The summed E-state index contributed by atoms with van der Waals surface area (Å²) in [7, 11) is 1.60. The van der Waals surface area contributed by atoms with Gasteiger partial charge in [0.25, 0.3) is 0 Å². The normalized spacial score (nSPS) is 16.7. The average Bonchev–Trinajstić information content (AvgIpc) is 3.03. The van der Waals surface area contributed by atoms with E-state index in [0.717, 1.165) is 11.3 Å². The highest BCUT2D eigenvalue weighted by atomic mass is 35.5. The van der Waals surface area contributed by atoms with E-state index < -0.39 is 5.92 Å². The number of amides is 2. The smallest absolute Gasteiger partial charge is 0.227 e. The number of nitrogens with one attached hydrogen (secondary N) is 1. The number of hydrogen-bond acceptors (Lipinski definition) is 3. The molecule has 1 aliphatic heterocycles. The molecule has 2 amide bonds. The van der Waals surface area contributed by atoms with Crippen molar-refractivity contribution in [3.8, 4) is 5.75 Å². The number of hydrogen-bond donors (Lipinski definition) is 1. The zero-order valence-corrected chi connectivity index (χ0v) is 15.7. The van der Waals surface area contributed by atoms with Crippen LogP contribution in [0.1, 0.15) is 12.0 Å². The molecule has 26 heavy (non-hydrogen) atoms. The molecule has 1 unspecified atom stereocenters. The maximum atomic E-state index is 12.4. The van der Waals surface area contributed by atoms with Gasteiger partial charge in [-0.25, -0.2) is 0 Å². The van der Waals surface area contributed by atoms with Gasteiger partial charge in [0, 0.05) is 24.5 Å². The molecule has 3 rings (SSSR count). The molecule has 0 aromatic heterocycles. The van der Waals surface area contributed by atoms with Gasteiger partial charge in [-0.1, -0.05) is 35.3 Å². The van der Waals surface area contributed by atoms with E-state index in [1.807, 2.05) is 24.3 Å². The fourth-order valence-electron chi connectivity index (χ4n) is 2.89. The number of anilines is 1. The Balaban J connectivity index is 1.62. The molecule has 0 bridgehead atoms. The van der Waals surface area contributed by atoms with Crippen LogP contribution in [-0.2, 0) is 16.1 Å². The molecule has 7 heteroatoms. The zero-order valence-electron chi connectivity index (χ0n) is 14.2. The first-order valence-electron chi connectivity index (χ1n) is 8.14. The van der Waals surface area contributed by atoms with Gasteiger partial charge in [0.05, 0.1) is 23.7 Å². The van der Waals surface area contributed by atoms with E-state index in [2.05, 4.69) is 5.32 Å². The van der Waals surface area contributed by atoms with Gasteiger partial charge in [-0.2, -0.15) is 0 Å². The number of halogens is 2. The van der Waals surface area contributed by atoms with Crippen molar-refractivity contribution in [2.45, 2.75) is 13.0 Å². The van der Waals surface area contributed by atoms with E-state index in [4.69, 9.17) is 27.9 Å². The average molecular weight is 393 g/mol. The molecule has 136 valence electrons. The predicted molar refractivity (Wildman–Crippen MR) is 102 cm³/mol. The summed E-state index contributed by atoms with van der Waals surface area (Å²) in [6, 6.07) is 12.4. The molecule has 1 N–H and O–H groups in total. The van der Waals surface area contributed by atoms with E-state index in [9.17, 15) is 9.59 Å². The van der Waals surface area contributed by atoms with Crippen molar-refractivity contribution in [2.75, 3.05) is 18.6 Å². The van der Waals surface area contributed by atoms with Crippen molar-refractivity contribution >= 4 is 40.7 Å². The van der Waals surface area contributed by atoms with E-state index >= 15 is 0 Å². The van der Waals surface area contributed by atoms with Gasteiger partial charge in [-0.3, -0.25) is 9.59 Å². The summed E-state index contributed by atoms with van der Waals surface area (Å²) < 4.78 is 5.11. The highest BCUT2D eigenvalue weighted by Gasteiger charge is 2.35. The van der Waals surface area contributed by atoms with E-state index in [0.29, 0.717) is 22.3 Å². The lowest BCUT2D eigenvalue weighted by atomic mass is 10.1. The molecular weight excluding hydrogens is 375 g/mol. The molecule has 2 aromatic rings. The SMILES string of the molecule is COc1ccc(CNC(=O)C2CC(=O)N(c3cc(Cl)ccc3Cl)C2)cc1. The minimum absolute atomic E-state index is 0.140. The summed E-state index contributed by atoms with van der Waals surface area (Å²) in [5.41, 5.74) is 1.49. The summed E-state index contributed by atoms with van der Waals surface area (Å²) in [5.74, 6) is 0.0416. The molecule has 1 atom stereocenters. The fraction of sp³-hybridized carbons (Fsp3) is 0.263. The number of ether oxygens (including phenoxy) is 1. The highest BCUT2D eigenvalue weighted by molar-refractivity contribution is 6.35. The van der Waals surface area contributed by atoms with Crippen molar-refractivity contribution in [1.82, 2.24) is 5.32 Å². The largest absolute Gasteiger partial charge is 0.497 e. The Labute approximate surface area is 161 Å². The van der Waals surface area contributed by atoms with Crippen molar-refractivity contribution in [2.24, 2.45) is 5.92 Å². The van der Waals surface area contributed by atoms with Gasteiger partial charge in [0.1, 0.15) is 5.75 Å². The summed E-state index contributed by atoms with van der Waals surface area (Å²) in [6.07, 6.45) is 0.150. The maximum Gasteiger partial charge on any atom is 0.227 e. The number of benzene rings is 2. The summed E-state index contributed by atoms with van der Waals surface area (Å²) >= 11 is 12.2. The Hall–Kier alpha value is -2.24. The zero-order chi connectivity index (χ0) is 18.7. The van der Waals surface area contributed by atoms with E-state index in [1.165, 1.54) is 4.90 Å². The van der Waals surface area contributed by atoms with Crippen LogP contribution in [0.3, 0.4) is 0 Å². The minimum atomic E-state index is -0.421. The van der Waals surface area contributed by atoms with Gasteiger partial charge >= 0.3 is 0 Å². The van der Waals surface area contributed by atoms with Gasteiger partial charge in [0.15, 0.2) is 0 Å².